The van der Waals surface area contributed by atoms with Crippen LogP contribution in [0.15, 0.2) is 12.1 Å². The first-order chi connectivity index (χ1) is 8.73. The van der Waals surface area contributed by atoms with Crippen LogP contribution in [0, 0.1) is 24.1 Å². The minimum atomic E-state index is -0.584. The Morgan fingerprint density at radius 2 is 2.11 bits per heavy atom. The smallest absolute Gasteiger partial charge is 0.407 e. The van der Waals surface area contributed by atoms with Crippen molar-refractivity contribution in [3.05, 3.63) is 34.6 Å². The number of carbonyl (C=O) groups is 1. The Morgan fingerprint density at radius 1 is 1.47 bits per heavy atom. The first-order valence-corrected chi connectivity index (χ1v) is 5.89. The number of carbonyl (C=O) groups excluding carboxylic acids is 1. The van der Waals surface area contributed by atoms with Crippen LogP contribution in [0.3, 0.4) is 0 Å². The lowest BCUT2D eigenvalue weighted by Gasteiger charge is -2.20. The predicted molar refractivity (Wildman–Crippen MR) is 68.9 cm³/mol. The monoisotopic (exact) mass is 264 g/mol. The van der Waals surface area contributed by atoms with E-state index in [0.717, 1.165) is 0 Å². The minimum absolute atomic E-state index is 0.118. The van der Waals surface area contributed by atoms with Gasteiger partial charge in [0.05, 0.1) is 11.6 Å². The molecule has 0 unspecified atom stereocenters. The first-order valence-electron chi connectivity index (χ1n) is 5.89. The molecule has 0 aliphatic carbocycles. The Bertz CT molecular complexity index is 527. The van der Waals surface area contributed by atoms with Gasteiger partial charge in [-0.25, -0.2) is 9.18 Å². The third-order valence-corrected chi connectivity index (χ3v) is 2.42. The van der Waals surface area contributed by atoms with Crippen molar-refractivity contribution >= 4 is 6.09 Å². The van der Waals surface area contributed by atoms with Gasteiger partial charge in [-0.1, -0.05) is 0 Å². The highest BCUT2D eigenvalue weighted by atomic mass is 19.1. The number of nitrogens with one attached hydrogen (secondary N) is 1. The lowest BCUT2D eigenvalue weighted by molar-refractivity contribution is 0.0523. The fraction of sp³-hybridized carbons (Fsp3) is 0.429. The van der Waals surface area contributed by atoms with Crippen molar-refractivity contribution in [2.75, 3.05) is 0 Å². The molecule has 0 bridgehead atoms. The van der Waals surface area contributed by atoms with Crippen LogP contribution in [0.1, 0.15) is 37.5 Å². The maximum absolute atomic E-state index is 13.3. The molecule has 0 aliphatic heterocycles. The van der Waals surface area contributed by atoms with Crippen molar-refractivity contribution in [3.8, 4) is 6.07 Å². The summed E-state index contributed by atoms with van der Waals surface area (Å²) in [6, 6.07) is 4.39. The summed E-state index contributed by atoms with van der Waals surface area (Å²) in [6.45, 7) is 7.10. The molecule has 19 heavy (non-hydrogen) atoms. The highest BCUT2D eigenvalue weighted by Gasteiger charge is 2.16. The van der Waals surface area contributed by atoms with Crippen molar-refractivity contribution in [2.45, 2.75) is 39.8 Å². The van der Waals surface area contributed by atoms with Gasteiger partial charge in [-0.3, -0.25) is 0 Å². The molecule has 0 spiro atoms. The Balaban J connectivity index is 2.77. The van der Waals surface area contributed by atoms with Crippen LogP contribution in [-0.4, -0.2) is 11.7 Å². The van der Waals surface area contributed by atoms with E-state index >= 15 is 0 Å². The lowest BCUT2D eigenvalue weighted by atomic mass is 10.0. The highest BCUT2D eigenvalue weighted by molar-refractivity contribution is 5.67. The van der Waals surface area contributed by atoms with E-state index in [1.54, 1.807) is 27.7 Å². The molecule has 0 heterocycles. The largest absolute Gasteiger partial charge is 0.444 e. The SMILES string of the molecule is Cc1c(C#N)cc(F)cc1CNC(=O)OC(C)(C)C. The third-order valence-electron chi connectivity index (χ3n) is 2.42. The predicted octanol–water partition coefficient (Wildman–Crippen LogP) is 3.03. The zero-order chi connectivity index (χ0) is 14.6. The van der Waals surface area contributed by atoms with Crippen molar-refractivity contribution < 1.29 is 13.9 Å². The molecule has 1 N–H and O–H groups in total. The number of ether oxygens (including phenoxy) is 1. The quantitative estimate of drug-likeness (QED) is 0.893. The van der Waals surface area contributed by atoms with E-state index in [0.29, 0.717) is 11.1 Å². The second-order valence-electron chi connectivity index (χ2n) is 5.20. The molecule has 1 rings (SSSR count). The van der Waals surface area contributed by atoms with Gasteiger partial charge in [0.2, 0.25) is 0 Å². The maximum Gasteiger partial charge on any atom is 0.407 e. The van der Waals surface area contributed by atoms with E-state index in [1.807, 2.05) is 6.07 Å². The number of nitrogens with zero attached hydrogens (tertiary/aromatic N) is 1. The molecule has 0 aromatic heterocycles. The number of alkyl carbamates (subject to hydrolysis) is 1. The number of benzene rings is 1. The van der Waals surface area contributed by atoms with Crippen molar-refractivity contribution in [2.24, 2.45) is 0 Å². The zero-order valence-electron chi connectivity index (χ0n) is 11.5. The molecular formula is C14H17FN2O2. The molecule has 1 aromatic carbocycles. The van der Waals surface area contributed by atoms with Crippen LogP contribution in [-0.2, 0) is 11.3 Å². The van der Waals surface area contributed by atoms with E-state index in [-0.39, 0.29) is 12.1 Å². The number of nitriles is 1. The van der Waals surface area contributed by atoms with Crippen molar-refractivity contribution in [1.29, 1.82) is 5.26 Å². The van der Waals surface area contributed by atoms with Crippen LogP contribution >= 0.6 is 0 Å². The van der Waals surface area contributed by atoms with E-state index < -0.39 is 17.5 Å². The van der Waals surface area contributed by atoms with Gasteiger partial charge in [0.15, 0.2) is 0 Å². The fourth-order valence-corrected chi connectivity index (χ4v) is 1.52. The number of halogens is 1. The first kappa shape index (κ1) is 15.0. The van der Waals surface area contributed by atoms with Gasteiger partial charge in [0, 0.05) is 6.54 Å². The molecule has 0 saturated carbocycles. The molecule has 5 heteroatoms. The van der Waals surface area contributed by atoms with Gasteiger partial charge in [0.25, 0.3) is 0 Å². The summed E-state index contributed by atoms with van der Waals surface area (Å²) < 4.78 is 18.4. The molecule has 1 amide bonds. The summed E-state index contributed by atoms with van der Waals surface area (Å²) in [5, 5.41) is 11.4. The van der Waals surface area contributed by atoms with Crippen LogP contribution < -0.4 is 5.32 Å². The van der Waals surface area contributed by atoms with Gasteiger partial charge in [-0.05, 0) is 51.0 Å². The van der Waals surface area contributed by atoms with E-state index in [2.05, 4.69) is 5.32 Å². The molecular weight excluding hydrogens is 247 g/mol. The van der Waals surface area contributed by atoms with Crippen LogP contribution in [0.5, 0.6) is 0 Å². The van der Waals surface area contributed by atoms with Gasteiger partial charge in [-0.15, -0.1) is 0 Å². The molecule has 0 fully saturated rings. The Morgan fingerprint density at radius 3 is 2.63 bits per heavy atom. The molecule has 4 nitrogen and oxygen atoms in total. The van der Waals surface area contributed by atoms with Gasteiger partial charge >= 0.3 is 6.09 Å². The van der Waals surface area contributed by atoms with Crippen LogP contribution in [0.2, 0.25) is 0 Å². The Hall–Kier alpha value is -2.09. The molecule has 0 saturated heterocycles. The Labute approximate surface area is 112 Å². The van der Waals surface area contributed by atoms with Gasteiger partial charge in [0.1, 0.15) is 11.4 Å². The average molecular weight is 264 g/mol. The molecule has 0 atom stereocenters. The fourth-order valence-electron chi connectivity index (χ4n) is 1.52. The summed E-state index contributed by atoms with van der Waals surface area (Å²) in [6.07, 6.45) is -0.574. The zero-order valence-corrected chi connectivity index (χ0v) is 11.5. The molecule has 0 radical (unpaired) electrons. The van der Waals surface area contributed by atoms with Crippen LogP contribution in [0.25, 0.3) is 0 Å². The topological polar surface area (TPSA) is 62.1 Å². The second-order valence-corrected chi connectivity index (χ2v) is 5.20. The Kier molecular flexibility index (Phi) is 4.49. The highest BCUT2D eigenvalue weighted by Crippen LogP contribution is 2.16. The number of hydrogen-bond acceptors (Lipinski definition) is 3. The van der Waals surface area contributed by atoms with Crippen molar-refractivity contribution in [3.63, 3.8) is 0 Å². The summed E-state index contributed by atoms with van der Waals surface area (Å²) in [5.74, 6) is -0.497. The number of rotatable bonds is 2. The summed E-state index contributed by atoms with van der Waals surface area (Å²) in [4.78, 5) is 11.5. The van der Waals surface area contributed by atoms with Gasteiger partial charge < -0.3 is 10.1 Å². The summed E-state index contributed by atoms with van der Waals surface area (Å²) in [5.41, 5.74) is 0.891. The van der Waals surface area contributed by atoms with Gasteiger partial charge in [-0.2, -0.15) is 5.26 Å². The standard InChI is InChI=1S/C14H17FN2O2/c1-9-10(7-16)5-12(15)6-11(9)8-17-13(18)19-14(2,3)4/h5-6H,8H2,1-4H3,(H,17,18). The molecule has 102 valence electrons. The average Bonchev–Trinajstić information content (AvgIpc) is 2.27. The second kappa shape index (κ2) is 5.70. The summed E-state index contributed by atoms with van der Waals surface area (Å²) >= 11 is 0. The molecule has 0 aliphatic rings. The minimum Gasteiger partial charge on any atom is -0.444 e. The van der Waals surface area contributed by atoms with E-state index in [9.17, 15) is 9.18 Å². The van der Waals surface area contributed by atoms with Crippen molar-refractivity contribution in [1.82, 2.24) is 5.32 Å². The lowest BCUT2D eigenvalue weighted by Crippen LogP contribution is -2.32. The maximum atomic E-state index is 13.3. The summed E-state index contributed by atoms with van der Waals surface area (Å²) in [7, 11) is 0. The van der Waals surface area contributed by atoms with Crippen LogP contribution in [0.4, 0.5) is 9.18 Å². The number of hydrogen-bond donors (Lipinski definition) is 1. The third kappa shape index (κ3) is 4.59. The van der Waals surface area contributed by atoms with E-state index in [4.69, 9.17) is 10.00 Å². The number of amides is 1. The normalized spacial score (nSPS) is 10.7. The molecule has 1 aromatic rings. The van der Waals surface area contributed by atoms with E-state index in [1.165, 1.54) is 12.1 Å².